The Balaban J connectivity index is 1.93. The number of rotatable bonds is 4. The molecule has 1 aliphatic rings. The van der Waals surface area contributed by atoms with Crippen molar-refractivity contribution in [3.05, 3.63) is 18.2 Å². The fourth-order valence-corrected chi connectivity index (χ4v) is 2.87. The predicted molar refractivity (Wildman–Crippen MR) is 68.8 cm³/mol. The first-order chi connectivity index (χ1) is 8.31. The largest absolute Gasteiger partial charge is 0.392 e. The summed E-state index contributed by atoms with van der Waals surface area (Å²) in [6, 6.07) is 0. The van der Waals surface area contributed by atoms with Crippen LogP contribution in [0.1, 0.15) is 51.3 Å². The Morgan fingerprint density at radius 2 is 2.06 bits per heavy atom. The topological polar surface area (TPSA) is 38.0 Å². The van der Waals surface area contributed by atoms with Crippen LogP contribution in [0, 0.1) is 5.92 Å². The van der Waals surface area contributed by atoms with Gasteiger partial charge < -0.3 is 9.67 Å². The van der Waals surface area contributed by atoms with Crippen LogP contribution in [0.3, 0.4) is 0 Å². The Hall–Kier alpha value is -0.830. The molecule has 3 nitrogen and oxygen atoms in total. The minimum atomic E-state index is -0.208. The molecule has 17 heavy (non-hydrogen) atoms. The first-order valence-electron chi connectivity index (χ1n) is 6.99. The van der Waals surface area contributed by atoms with Crippen LogP contribution in [0.15, 0.2) is 12.4 Å². The Morgan fingerprint density at radius 3 is 2.71 bits per heavy atom. The lowest BCUT2D eigenvalue weighted by Gasteiger charge is -2.21. The molecule has 1 unspecified atom stereocenters. The Labute approximate surface area is 104 Å². The molecule has 1 aromatic heterocycles. The molecule has 1 aliphatic carbocycles. The van der Waals surface area contributed by atoms with E-state index in [-0.39, 0.29) is 6.10 Å². The van der Waals surface area contributed by atoms with Crippen molar-refractivity contribution in [2.24, 2.45) is 5.92 Å². The van der Waals surface area contributed by atoms with E-state index in [2.05, 4.69) is 16.5 Å². The summed E-state index contributed by atoms with van der Waals surface area (Å²) in [6.45, 7) is 3.05. The summed E-state index contributed by atoms with van der Waals surface area (Å²) in [4.78, 5) is 4.35. The van der Waals surface area contributed by atoms with Crippen molar-refractivity contribution in [2.75, 3.05) is 0 Å². The molecular weight excluding hydrogens is 212 g/mol. The standard InChI is InChI=1S/C14H24N2O/c1-2-16-10-9-15-14(16)11-13(17)12-7-5-3-4-6-8-12/h9-10,12-13,17H,2-8,11H2,1H3. The average Bonchev–Trinajstić information content (AvgIpc) is 2.62. The lowest BCUT2D eigenvalue weighted by molar-refractivity contribution is 0.0959. The van der Waals surface area contributed by atoms with Gasteiger partial charge in [0.25, 0.3) is 0 Å². The van der Waals surface area contributed by atoms with E-state index in [0.29, 0.717) is 12.3 Å². The second kappa shape index (κ2) is 6.20. The van der Waals surface area contributed by atoms with E-state index in [1.807, 2.05) is 12.4 Å². The van der Waals surface area contributed by atoms with Crippen molar-refractivity contribution < 1.29 is 5.11 Å². The Morgan fingerprint density at radius 1 is 1.35 bits per heavy atom. The van der Waals surface area contributed by atoms with Gasteiger partial charge in [-0.15, -0.1) is 0 Å². The van der Waals surface area contributed by atoms with Crippen molar-refractivity contribution in [1.82, 2.24) is 9.55 Å². The zero-order valence-electron chi connectivity index (χ0n) is 10.8. The highest BCUT2D eigenvalue weighted by atomic mass is 16.3. The number of aliphatic hydroxyl groups is 1. The maximum atomic E-state index is 10.3. The van der Waals surface area contributed by atoms with Crippen LogP contribution < -0.4 is 0 Å². The van der Waals surface area contributed by atoms with Crippen LogP contribution in [0.4, 0.5) is 0 Å². The van der Waals surface area contributed by atoms with Crippen LogP contribution in [0.2, 0.25) is 0 Å². The van der Waals surface area contributed by atoms with Gasteiger partial charge in [-0.1, -0.05) is 25.7 Å². The number of hydrogen-bond acceptors (Lipinski definition) is 2. The molecule has 1 aromatic rings. The van der Waals surface area contributed by atoms with E-state index in [9.17, 15) is 5.11 Å². The highest BCUT2D eigenvalue weighted by Gasteiger charge is 2.22. The van der Waals surface area contributed by atoms with Crippen LogP contribution in [0.25, 0.3) is 0 Å². The lowest BCUT2D eigenvalue weighted by Crippen LogP contribution is -2.24. The predicted octanol–water partition coefficient (Wildman–Crippen LogP) is 2.78. The molecule has 0 saturated heterocycles. The number of imidazole rings is 1. The van der Waals surface area contributed by atoms with Crippen molar-refractivity contribution in [3.8, 4) is 0 Å². The molecule has 0 radical (unpaired) electrons. The first-order valence-corrected chi connectivity index (χ1v) is 6.99. The number of hydrogen-bond donors (Lipinski definition) is 1. The molecule has 0 aliphatic heterocycles. The summed E-state index contributed by atoms with van der Waals surface area (Å²) >= 11 is 0. The fraction of sp³-hybridized carbons (Fsp3) is 0.786. The van der Waals surface area contributed by atoms with Gasteiger partial charge in [0.2, 0.25) is 0 Å². The van der Waals surface area contributed by atoms with Crippen LogP contribution >= 0.6 is 0 Å². The maximum absolute atomic E-state index is 10.3. The normalized spacial score (nSPS) is 20.1. The molecule has 96 valence electrons. The SMILES string of the molecule is CCn1ccnc1CC(O)C1CCCCCC1. The molecule has 0 spiro atoms. The van der Waals surface area contributed by atoms with E-state index < -0.39 is 0 Å². The van der Waals surface area contributed by atoms with E-state index in [1.165, 1.54) is 38.5 Å². The minimum absolute atomic E-state index is 0.208. The van der Waals surface area contributed by atoms with E-state index in [1.54, 1.807) is 0 Å². The monoisotopic (exact) mass is 236 g/mol. The quantitative estimate of drug-likeness (QED) is 0.816. The number of aryl methyl sites for hydroxylation is 1. The maximum Gasteiger partial charge on any atom is 0.111 e. The molecule has 0 aromatic carbocycles. The molecule has 2 rings (SSSR count). The van der Waals surface area contributed by atoms with Gasteiger partial charge in [-0.2, -0.15) is 0 Å². The number of aromatic nitrogens is 2. The average molecular weight is 236 g/mol. The van der Waals surface area contributed by atoms with E-state index in [4.69, 9.17) is 0 Å². The van der Waals surface area contributed by atoms with Crippen LogP contribution in [-0.4, -0.2) is 20.8 Å². The van der Waals surface area contributed by atoms with Crippen molar-refractivity contribution >= 4 is 0 Å². The van der Waals surface area contributed by atoms with Crippen molar-refractivity contribution in [2.45, 2.75) is 64.5 Å². The molecule has 0 bridgehead atoms. The third-order valence-corrected chi connectivity index (χ3v) is 3.98. The van der Waals surface area contributed by atoms with Crippen LogP contribution in [-0.2, 0) is 13.0 Å². The highest BCUT2D eigenvalue weighted by molar-refractivity contribution is 4.95. The van der Waals surface area contributed by atoms with Gasteiger partial charge in [0.1, 0.15) is 5.82 Å². The van der Waals surface area contributed by atoms with Gasteiger partial charge in [-0.3, -0.25) is 0 Å². The van der Waals surface area contributed by atoms with Gasteiger partial charge in [-0.05, 0) is 25.7 Å². The van der Waals surface area contributed by atoms with Gasteiger partial charge in [-0.25, -0.2) is 4.98 Å². The molecular formula is C14H24N2O. The van der Waals surface area contributed by atoms with Crippen molar-refractivity contribution in [1.29, 1.82) is 0 Å². The Kier molecular flexibility index (Phi) is 4.60. The zero-order valence-corrected chi connectivity index (χ0v) is 10.8. The molecule has 1 atom stereocenters. The third kappa shape index (κ3) is 3.32. The van der Waals surface area contributed by atoms with E-state index >= 15 is 0 Å². The van der Waals surface area contributed by atoms with Gasteiger partial charge >= 0.3 is 0 Å². The smallest absolute Gasteiger partial charge is 0.111 e. The summed E-state index contributed by atoms with van der Waals surface area (Å²) in [5.41, 5.74) is 0. The molecule has 1 fully saturated rings. The summed E-state index contributed by atoms with van der Waals surface area (Å²) < 4.78 is 2.12. The fourth-order valence-electron chi connectivity index (χ4n) is 2.87. The first kappa shape index (κ1) is 12.6. The molecule has 1 heterocycles. The zero-order chi connectivity index (χ0) is 12.1. The van der Waals surface area contributed by atoms with Crippen molar-refractivity contribution in [3.63, 3.8) is 0 Å². The summed E-state index contributed by atoms with van der Waals surface area (Å²) in [7, 11) is 0. The lowest BCUT2D eigenvalue weighted by atomic mass is 9.92. The summed E-state index contributed by atoms with van der Waals surface area (Å²) in [5, 5.41) is 10.3. The number of nitrogens with zero attached hydrogens (tertiary/aromatic N) is 2. The van der Waals surface area contributed by atoms with Gasteiger partial charge in [0, 0.05) is 25.4 Å². The summed E-state index contributed by atoms with van der Waals surface area (Å²) in [6.07, 6.45) is 12.0. The van der Waals surface area contributed by atoms with E-state index in [0.717, 1.165) is 12.4 Å². The molecule has 1 N–H and O–H groups in total. The molecule has 0 amide bonds. The second-order valence-corrected chi connectivity index (χ2v) is 5.15. The summed E-state index contributed by atoms with van der Waals surface area (Å²) in [5.74, 6) is 1.52. The van der Waals surface area contributed by atoms with Gasteiger partial charge in [0.15, 0.2) is 0 Å². The Bertz CT molecular complexity index is 327. The second-order valence-electron chi connectivity index (χ2n) is 5.15. The number of aliphatic hydroxyl groups excluding tert-OH is 1. The molecule has 1 saturated carbocycles. The third-order valence-electron chi connectivity index (χ3n) is 3.98. The highest BCUT2D eigenvalue weighted by Crippen LogP contribution is 2.26. The van der Waals surface area contributed by atoms with Gasteiger partial charge in [0.05, 0.1) is 6.10 Å². The minimum Gasteiger partial charge on any atom is -0.392 e. The van der Waals surface area contributed by atoms with Crippen LogP contribution in [0.5, 0.6) is 0 Å². The molecule has 3 heteroatoms.